The number of nitrogens with one attached hydrogen (secondary N) is 1. The van der Waals surface area contributed by atoms with E-state index in [1.807, 2.05) is 13.0 Å². The van der Waals surface area contributed by atoms with Crippen LogP contribution < -0.4 is 5.32 Å². The molecule has 0 heterocycles. The number of benzene rings is 2. The first-order chi connectivity index (χ1) is 9.93. The average molecular weight is 375 g/mol. The first-order valence-corrected chi connectivity index (χ1v) is 7.75. The van der Waals surface area contributed by atoms with Gasteiger partial charge in [0.1, 0.15) is 11.6 Å². The zero-order valence-corrected chi connectivity index (χ0v) is 14.0. The summed E-state index contributed by atoms with van der Waals surface area (Å²) in [6, 6.07) is 7.32. The van der Waals surface area contributed by atoms with Gasteiger partial charge in [0, 0.05) is 15.1 Å². The molecule has 2 aromatic rings. The maximum atomic E-state index is 14.2. The zero-order chi connectivity index (χ0) is 15.6. The molecule has 21 heavy (non-hydrogen) atoms. The van der Waals surface area contributed by atoms with E-state index in [0.29, 0.717) is 17.1 Å². The second kappa shape index (κ2) is 6.86. The minimum Gasteiger partial charge on any atom is -0.306 e. The average Bonchev–Trinajstić information content (AvgIpc) is 2.41. The normalized spacial score (nSPS) is 12.5. The molecule has 2 aromatic carbocycles. The van der Waals surface area contributed by atoms with Crippen molar-refractivity contribution in [3.8, 4) is 0 Å². The summed E-state index contributed by atoms with van der Waals surface area (Å²) in [5.74, 6) is -0.874. The molecule has 0 aliphatic rings. The van der Waals surface area contributed by atoms with E-state index in [-0.39, 0.29) is 11.1 Å². The summed E-state index contributed by atoms with van der Waals surface area (Å²) in [6.45, 7) is 4.05. The molecule has 0 spiro atoms. The van der Waals surface area contributed by atoms with Crippen molar-refractivity contribution in [2.75, 3.05) is 6.54 Å². The van der Waals surface area contributed by atoms with Gasteiger partial charge in [-0.25, -0.2) is 8.78 Å². The molecule has 0 amide bonds. The fourth-order valence-electron chi connectivity index (χ4n) is 2.21. The zero-order valence-electron chi connectivity index (χ0n) is 11.7. The Morgan fingerprint density at radius 3 is 2.48 bits per heavy atom. The standard InChI is InChI=1S/C16H15BrClF2N/c1-3-21-16(11-5-4-10(17)7-13(11)18)12-8-14(19)9(2)6-15(12)20/h4-8,16,21H,3H2,1-2H3. The van der Waals surface area contributed by atoms with Crippen LogP contribution in [0.4, 0.5) is 8.78 Å². The quantitative estimate of drug-likeness (QED) is 0.757. The second-order valence-corrected chi connectivity index (χ2v) is 6.10. The smallest absolute Gasteiger partial charge is 0.128 e. The highest BCUT2D eigenvalue weighted by atomic mass is 79.9. The molecule has 1 atom stereocenters. The highest BCUT2D eigenvalue weighted by Crippen LogP contribution is 2.32. The van der Waals surface area contributed by atoms with E-state index in [1.54, 1.807) is 12.1 Å². The van der Waals surface area contributed by atoms with Gasteiger partial charge in [0.25, 0.3) is 0 Å². The van der Waals surface area contributed by atoms with E-state index in [1.165, 1.54) is 19.1 Å². The van der Waals surface area contributed by atoms with Gasteiger partial charge in [-0.1, -0.05) is 40.5 Å². The van der Waals surface area contributed by atoms with Gasteiger partial charge in [-0.05, 0) is 48.9 Å². The van der Waals surface area contributed by atoms with Gasteiger partial charge in [0.15, 0.2) is 0 Å². The molecule has 1 nitrogen and oxygen atoms in total. The molecule has 0 aliphatic carbocycles. The lowest BCUT2D eigenvalue weighted by atomic mass is 9.96. The van der Waals surface area contributed by atoms with Crippen molar-refractivity contribution in [1.29, 1.82) is 0 Å². The van der Waals surface area contributed by atoms with Crippen LogP contribution in [0.3, 0.4) is 0 Å². The molecule has 2 rings (SSSR count). The Balaban J connectivity index is 2.55. The SMILES string of the molecule is CCNC(c1cc(F)c(C)cc1F)c1ccc(Br)cc1Cl. The monoisotopic (exact) mass is 373 g/mol. The van der Waals surface area contributed by atoms with Crippen LogP contribution >= 0.6 is 27.5 Å². The predicted octanol–water partition coefficient (Wildman–Crippen LogP) is 5.39. The molecular formula is C16H15BrClF2N. The highest BCUT2D eigenvalue weighted by Gasteiger charge is 2.21. The van der Waals surface area contributed by atoms with Crippen LogP contribution in [-0.2, 0) is 0 Å². The van der Waals surface area contributed by atoms with Crippen LogP contribution in [0.25, 0.3) is 0 Å². The molecule has 0 radical (unpaired) electrons. The summed E-state index contributed by atoms with van der Waals surface area (Å²) in [4.78, 5) is 0. The van der Waals surface area contributed by atoms with E-state index >= 15 is 0 Å². The van der Waals surface area contributed by atoms with E-state index in [2.05, 4.69) is 21.2 Å². The lowest BCUT2D eigenvalue weighted by molar-refractivity contribution is 0.541. The summed E-state index contributed by atoms with van der Waals surface area (Å²) in [6.07, 6.45) is 0. The van der Waals surface area contributed by atoms with Crippen molar-refractivity contribution in [2.24, 2.45) is 0 Å². The van der Waals surface area contributed by atoms with E-state index < -0.39 is 17.7 Å². The Morgan fingerprint density at radius 2 is 1.86 bits per heavy atom. The van der Waals surface area contributed by atoms with Crippen molar-refractivity contribution in [1.82, 2.24) is 5.32 Å². The van der Waals surface area contributed by atoms with E-state index in [0.717, 1.165) is 4.47 Å². The van der Waals surface area contributed by atoms with Crippen molar-refractivity contribution in [3.63, 3.8) is 0 Å². The van der Waals surface area contributed by atoms with Crippen LogP contribution in [0.15, 0.2) is 34.8 Å². The number of halogens is 4. The summed E-state index contributed by atoms with van der Waals surface area (Å²) in [5.41, 5.74) is 1.25. The van der Waals surface area contributed by atoms with Crippen LogP contribution in [0.1, 0.15) is 29.7 Å². The third kappa shape index (κ3) is 3.62. The third-order valence-corrected chi connectivity index (χ3v) is 4.09. The first kappa shape index (κ1) is 16.4. The summed E-state index contributed by atoms with van der Waals surface area (Å²) >= 11 is 9.58. The number of aryl methyl sites for hydroxylation is 1. The summed E-state index contributed by atoms with van der Waals surface area (Å²) in [7, 11) is 0. The van der Waals surface area contributed by atoms with E-state index in [9.17, 15) is 8.78 Å². The Bertz CT molecular complexity index is 661. The van der Waals surface area contributed by atoms with Crippen molar-refractivity contribution in [3.05, 3.63) is 68.2 Å². The van der Waals surface area contributed by atoms with Crippen LogP contribution in [0.5, 0.6) is 0 Å². The molecular weight excluding hydrogens is 360 g/mol. The van der Waals surface area contributed by atoms with Gasteiger partial charge in [-0.15, -0.1) is 0 Å². The molecule has 0 saturated heterocycles. The maximum Gasteiger partial charge on any atom is 0.128 e. The number of rotatable bonds is 4. The Morgan fingerprint density at radius 1 is 1.14 bits per heavy atom. The highest BCUT2D eigenvalue weighted by molar-refractivity contribution is 9.10. The Hall–Kier alpha value is -0.970. The minimum absolute atomic E-state index is 0.254. The van der Waals surface area contributed by atoms with Crippen molar-refractivity contribution in [2.45, 2.75) is 19.9 Å². The predicted molar refractivity (Wildman–Crippen MR) is 85.8 cm³/mol. The number of hydrogen-bond acceptors (Lipinski definition) is 1. The molecule has 5 heteroatoms. The molecule has 112 valence electrons. The first-order valence-electron chi connectivity index (χ1n) is 6.58. The fourth-order valence-corrected chi connectivity index (χ4v) is 2.99. The molecule has 0 saturated carbocycles. The topological polar surface area (TPSA) is 12.0 Å². The minimum atomic E-state index is -0.495. The molecule has 1 unspecified atom stereocenters. The van der Waals surface area contributed by atoms with Gasteiger partial charge >= 0.3 is 0 Å². The lowest BCUT2D eigenvalue weighted by Crippen LogP contribution is -2.23. The van der Waals surface area contributed by atoms with Gasteiger partial charge in [-0.3, -0.25) is 0 Å². The van der Waals surface area contributed by atoms with E-state index in [4.69, 9.17) is 11.6 Å². The lowest BCUT2D eigenvalue weighted by Gasteiger charge is -2.21. The molecule has 0 aliphatic heterocycles. The van der Waals surface area contributed by atoms with Crippen LogP contribution in [0, 0.1) is 18.6 Å². The van der Waals surface area contributed by atoms with Crippen molar-refractivity contribution < 1.29 is 8.78 Å². The molecule has 0 aromatic heterocycles. The molecule has 0 bridgehead atoms. The molecule has 1 N–H and O–H groups in total. The molecule has 0 fully saturated rings. The Kier molecular flexibility index (Phi) is 5.36. The van der Waals surface area contributed by atoms with Gasteiger partial charge in [-0.2, -0.15) is 0 Å². The fraction of sp³-hybridized carbons (Fsp3) is 0.250. The number of hydrogen-bond donors (Lipinski definition) is 1. The largest absolute Gasteiger partial charge is 0.306 e. The Labute approximate surface area is 136 Å². The van der Waals surface area contributed by atoms with Gasteiger partial charge in [0.05, 0.1) is 6.04 Å². The van der Waals surface area contributed by atoms with Crippen LogP contribution in [0.2, 0.25) is 5.02 Å². The second-order valence-electron chi connectivity index (χ2n) is 4.78. The third-order valence-electron chi connectivity index (χ3n) is 3.27. The van der Waals surface area contributed by atoms with Gasteiger partial charge in [0.2, 0.25) is 0 Å². The maximum absolute atomic E-state index is 14.2. The van der Waals surface area contributed by atoms with Gasteiger partial charge < -0.3 is 5.32 Å². The van der Waals surface area contributed by atoms with Crippen molar-refractivity contribution >= 4 is 27.5 Å². The van der Waals surface area contributed by atoms with Crippen LogP contribution in [-0.4, -0.2) is 6.54 Å². The summed E-state index contributed by atoms with van der Waals surface area (Å²) in [5, 5.41) is 3.65. The summed E-state index contributed by atoms with van der Waals surface area (Å²) < 4.78 is 28.9.